The average molecular weight is 280 g/mol. The number of benzene rings is 1. The van der Waals surface area contributed by atoms with Crippen LogP contribution < -0.4 is 15.8 Å². The van der Waals surface area contributed by atoms with Crippen LogP contribution in [-0.4, -0.2) is 21.1 Å². The summed E-state index contributed by atoms with van der Waals surface area (Å²) in [6.07, 6.45) is -0.0463. The van der Waals surface area contributed by atoms with E-state index in [4.69, 9.17) is 22.1 Å². The zero-order valence-corrected chi connectivity index (χ0v) is 11.3. The lowest BCUT2D eigenvalue weighted by molar-refractivity contribution is 0.222. The molecule has 2 rings (SSSR count). The Hall–Kier alpha value is -2.08. The minimum atomic E-state index is -0.0463. The molecule has 1 aromatic heterocycles. The van der Waals surface area contributed by atoms with Gasteiger partial charge in [0.05, 0.1) is 16.8 Å². The molecule has 0 bridgehead atoms. The van der Waals surface area contributed by atoms with Crippen LogP contribution in [0.1, 0.15) is 13.8 Å². The van der Waals surface area contributed by atoms with Crippen molar-refractivity contribution < 1.29 is 4.74 Å². The third-order valence-electron chi connectivity index (χ3n) is 2.09. The molecule has 7 heteroatoms. The maximum absolute atomic E-state index is 6.04. The van der Waals surface area contributed by atoms with Gasteiger partial charge < -0.3 is 15.8 Å². The number of hydrogen-bond donors (Lipinski definition) is 2. The van der Waals surface area contributed by atoms with Crippen molar-refractivity contribution in [1.82, 2.24) is 15.0 Å². The molecule has 0 saturated carbocycles. The summed E-state index contributed by atoms with van der Waals surface area (Å²) in [5.74, 6) is 0.372. The van der Waals surface area contributed by atoms with Gasteiger partial charge >= 0.3 is 6.01 Å². The molecular formula is C12H14ClN5O. The fraction of sp³-hybridized carbons (Fsp3) is 0.250. The number of nitrogens with one attached hydrogen (secondary N) is 1. The molecule has 0 aliphatic carbocycles. The molecule has 0 radical (unpaired) electrons. The van der Waals surface area contributed by atoms with Crippen molar-refractivity contribution in [3.63, 3.8) is 0 Å². The van der Waals surface area contributed by atoms with Crippen molar-refractivity contribution >= 4 is 29.2 Å². The van der Waals surface area contributed by atoms with E-state index in [0.717, 1.165) is 0 Å². The van der Waals surface area contributed by atoms with Gasteiger partial charge in [-0.1, -0.05) is 23.7 Å². The Kier molecular flexibility index (Phi) is 4.01. The molecule has 0 atom stereocenters. The van der Waals surface area contributed by atoms with Gasteiger partial charge in [0.2, 0.25) is 11.9 Å². The SMILES string of the molecule is CC(C)Oc1nc(N)nc(Nc2ccccc2Cl)n1. The number of para-hydroxylation sites is 1. The Morgan fingerprint density at radius 3 is 2.63 bits per heavy atom. The summed E-state index contributed by atoms with van der Waals surface area (Å²) < 4.78 is 5.39. The lowest BCUT2D eigenvalue weighted by Gasteiger charge is -2.10. The highest BCUT2D eigenvalue weighted by Gasteiger charge is 2.08. The molecule has 19 heavy (non-hydrogen) atoms. The third kappa shape index (κ3) is 3.69. The molecule has 100 valence electrons. The van der Waals surface area contributed by atoms with E-state index < -0.39 is 0 Å². The number of ether oxygens (including phenoxy) is 1. The van der Waals surface area contributed by atoms with Gasteiger partial charge in [0, 0.05) is 0 Å². The van der Waals surface area contributed by atoms with Gasteiger partial charge in [-0.15, -0.1) is 0 Å². The fourth-order valence-corrected chi connectivity index (χ4v) is 1.56. The smallest absolute Gasteiger partial charge is 0.323 e. The van der Waals surface area contributed by atoms with E-state index in [1.54, 1.807) is 6.07 Å². The second-order valence-electron chi connectivity index (χ2n) is 4.07. The van der Waals surface area contributed by atoms with Crippen molar-refractivity contribution in [2.75, 3.05) is 11.1 Å². The Balaban J connectivity index is 2.25. The summed E-state index contributed by atoms with van der Waals surface area (Å²) in [6, 6.07) is 7.44. The van der Waals surface area contributed by atoms with Gasteiger partial charge in [-0.25, -0.2) is 0 Å². The van der Waals surface area contributed by atoms with Gasteiger partial charge in [0.15, 0.2) is 0 Å². The largest absolute Gasteiger partial charge is 0.461 e. The lowest BCUT2D eigenvalue weighted by atomic mass is 10.3. The normalized spacial score (nSPS) is 10.5. The van der Waals surface area contributed by atoms with Crippen molar-refractivity contribution in [2.24, 2.45) is 0 Å². The third-order valence-corrected chi connectivity index (χ3v) is 2.42. The molecule has 0 aliphatic heterocycles. The molecule has 0 fully saturated rings. The summed E-state index contributed by atoms with van der Waals surface area (Å²) >= 11 is 6.04. The van der Waals surface area contributed by atoms with Gasteiger partial charge in [-0.3, -0.25) is 0 Å². The second-order valence-corrected chi connectivity index (χ2v) is 4.48. The lowest BCUT2D eigenvalue weighted by Crippen LogP contribution is -2.11. The van der Waals surface area contributed by atoms with E-state index >= 15 is 0 Å². The van der Waals surface area contributed by atoms with Crippen LogP contribution in [0.4, 0.5) is 17.6 Å². The van der Waals surface area contributed by atoms with Crippen LogP contribution in [-0.2, 0) is 0 Å². The number of hydrogen-bond acceptors (Lipinski definition) is 6. The molecule has 1 heterocycles. The molecular weight excluding hydrogens is 266 g/mol. The van der Waals surface area contributed by atoms with E-state index in [-0.39, 0.29) is 24.0 Å². The van der Waals surface area contributed by atoms with Crippen LogP contribution in [0.5, 0.6) is 6.01 Å². The molecule has 0 unspecified atom stereocenters. The zero-order valence-electron chi connectivity index (χ0n) is 10.6. The topological polar surface area (TPSA) is 86.0 Å². The van der Waals surface area contributed by atoms with Crippen LogP contribution in [0.3, 0.4) is 0 Å². The van der Waals surface area contributed by atoms with Crippen molar-refractivity contribution in [1.29, 1.82) is 0 Å². The molecule has 6 nitrogen and oxygen atoms in total. The first-order valence-electron chi connectivity index (χ1n) is 5.74. The monoisotopic (exact) mass is 279 g/mol. The van der Waals surface area contributed by atoms with Crippen molar-refractivity contribution in [3.8, 4) is 6.01 Å². The van der Waals surface area contributed by atoms with Gasteiger partial charge in [-0.05, 0) is 26.0 Å². The zero-order chi connectivity index (χ0) is 13.8. The Morgan fingerprint density at radius 2 is 1.95 bits per heavy atom. The Morgan fingerprint density at radius 1 is 1.21 bits per heavy atom. The summed E-state index contributed by atoms with van der Waals surface area (Å²) in [5.41, 5.74) is 6.30. The highest BCUT2D eigenvalue weighted by molar-refractivity contribution is 6.33. The van der Waals surface area contributed by atoms with Crippen LogP contribution in [0.15, 0.2) is 24.3 Å². The predicted molar refractivity (Wildman–Crippen MR) is 74.7 cm³/mol. The number of rotatable bonds is 4. The van der Waals surface area contributed by atoms with Crippen LogP contribution >= 0.6 is 11.6 Å². The standard InChI is InChI=1S/C12H14ClN5O/c1-7(2)19-12-17-10(14)16-11(18-12)15-9-6-4-3-5-8(9)13/h3-7H,1-2H3,(H3,14,15,16,17,18). The first kappa shape index (κ1) is 13.4. The van der Waals surface area contributed by atoms with E-state index in [0.29, 0.717) is 10.7 Å². The highest BCUT2D eigenvalue weighted by Crippen LogP contribution is 2.23. The number of nitrogen functional groups attached to an aromatic ring is 1. The Labute approximate surface area is 116 Å². The maximum Gasteiger partial charge on any atom is 0.323 e. The first-order valence-corrected chi connectivity index (χ1v) is 6.12. The van der Waals surface area contributed by atoms with Gasteiger partial charge in [-0.2, -0.15) is 15.0 Å². The maximum atomic E-state index is 6.04. The number of nitrogens with zero attached hydrogens (tertiary/aromatic N) is 3. The predicted octanol–water partition coefficient (Wildman–Crippen LogP) is 2.64. The van der Waals surface area contributed by atoms with Crippen LogP contribution in [0.25, 0.3) is 0 Å². The van der Waals surface area contributed by atoms with E-state index in [1.807, 2.05) is 32.0 Å². The van der Waals surface area contributed by atoms with Gasteiger partial charge in [0.25, 0.3) is 0 Å². The van der Waals surface area contributed by atoms with Crippen LogP contribution in [0, 0.1) is 0 Å². The highest BCUT2D eigenvalue weighted by atomic mass is 35.5. The number of anilines is 3. The number of nitrogens with two attached hydrogens (primary N) is 1. The quantitative estimate of drug-likeness (QED) is 0.895. The van der Waals surface area contributed by atoms with E-state index in [9.17, 15) is 0 Å². The summed E-state index contributed by atoms with van der Waals surface area (Å²) in [5, 5.41) is 3.54. The summed E-state index contributed by atoms with van der Waals surface area (Å²) in [7, 11) is 0. The molecule has 0 aliphatic rings. The van der Waals surface area contributed by atoms with E-state index in [2.05, 4.69) is 20.3 Å². The molecule has 2 aromatic rings. The fourth-order valence-electron chi connectivity index (χ4n) is 1.37. The van der Waals surface area contributed by atoms with Gasteiger partial charge in [0.1, 0.15) is 0 Å². The number of aromatic nitrogens is 3. The molecule has 0 spiro atoms. The minimum absolute atomic E-state index is 0.0463. The molecule has 1 aromatic carbocycles. The van der Waals surface area contributed by atoms with E-state index in [1.165, 1.54) is 0 Å². The van der Waals surface area contributed by atoms with Crippen LogP contribution in [0.2, 0.25) is 5.02 Å². The Bertz CT molecular complexity index is 576. The first-order chi connectivity index (χ1) is 9.04. The molecule has 0 saturated heterocycles. The van der Waals surface area contributed by atoms with Crippen molar-refractivity contribution in [3.05, 3.63) is 29.3 Å². The minimum Gasteiger partial charge on any atom is -0.461 e. The second kappa shape index (κ2) is 5.71. The average Bonchev–Trinajstić information content (AvgIpc) is 2.30. The summed E-state index contributed by atoms with van der Waals surface area (Å²) in [6.45, 7) is 3.75. The molecule has 0 amide bonds. The summed E-state index contributed by atoms with van der Waals surface area (Å²) in [4.78, 5) is 12.0. The van der Waals surface area contributed by atoms with Crippen molar-refractivity contribution in [2.45, 2.75) is 20.0 Å². The number of halogens is 1. The molecule has 3 N–H and O–H groups in total.